The Balaban J connectivity index is 0.989. The summed E-state index contributed by atoms with van der Waals surface area (Å²) in [7, 11) is 0. The van der Waals surface area contributed by atoms with Crippen LogP contribution < -0.4 is 0 Å². The molecule has 0 amide bonds. The first kappa shape index (κ1) is 41.8. The van der Waals surface area contributed by atoms with Crippen LogP contribution in [0.3, 0.4) is 0 Å². The van der Waals surface area contributed by atoms with Gasteiger partial charge in [-0.3, -0.25) is 0 Å². The first-order valence-electron chi connectivity index (χ1n) is 25.2. The van der Waals surface area contributed by atoms with Crippen molar-refractivity contribution in [1.82, 2.24) is 9.13 Å². The van der Waals surface area contributed by atoms with E-state index >= 15 is 0 Å². The first-order chi connectivity index (χ1) is 36.6. The van der Waals surface area contributed by atoms with Crippen LogP contribution in [-0.4, -0.2) is 9.13 Å². The molecule has 0 saturated carbocycles. The molecular formula is C70H42N4. The highest BCUT2D eigenvalue weighted by Gasteiger charge is 2.48. The van der Waals surface area contributed by atoms with Crippen molar-refractivity contribution in [1.29, 1.82) is 10.5 Å². The van der Waals surface area contributed by atoms with E-state index in [-0.39, 0.29) is 0 Å². The molecule has 0 fully saturated rings. The van der Waals surface area contributed by atoms with Crippen molar-refractivity contribution in [3.63, 3.8) is 0 Å². The molecule has 0 N–H and O–H groups in total. The number of rotatable bonds is 6. The van der Waals surface area contributed by atoms with Gasteiger partial charge in [-0.15, -0.1) is 0 Å². The van der Waals surface area contributed by atoms with E-state index in [4.69, 9.17) is 0 Å². The molecule has 2 aliphatic carbocycles. The van der Waals surface area contributed by atoms with Gasteiger partial charge in [0.1, 0.15) is 12.1 Å². The number of hydrogen-bond donors (Lipinski definition) is 0. The molecule has 11 aromatic carbocycles. The van der Waals surface area contributed by atoms with E-state index in [1.165, 1.54) is 50.1 Å². The maximum atomic E-state index is 11.5. The Morgan fingerprint density at radius 3 is 1.05 bits per heavy atom. The molecule has 4 heteroatoms. The summed E-state index contributed by atoms with van der Waals surface area (Å²) in [4.78, 5) is 0. The third-order valence-corrected chi connectivity index (χ3v) is 16.3. The van der Waals surface area contributed by atoms with Gasteiger partial charge in [0.15, 0.2) is 0 Å². The van der Waals surface area contributed by atoms with Crippen LogP contribution >= 0.6 is 0 Å². The average molecular weight is 939 g/mol. The largest absolute Gasteiger partial charge is 0.309 e. The number of nitrogens with zero attached hydrogens (tertiary/aromatic N) is 4. The highest BCUT2D eigenvalue weighted by Crippen LogP contribution is 2.59. The van der Waals surface area contributed by atoms with Gasteiger partial charge in [-0.25, -0.2) is 0 Å². The molecule has 0 aliphatic heterocycles. The summed E-state index contributed by atoms with van der Waals surface area (Å²) in [6.07, 6.45) is 0. The highest BCUT2D eigenvalue weighted by atomic mass is 15.0. The smallest absolute Gasteiger partial charge is 0.101 e. The summed E-state index contributed by atoms with van der Waals surface area (Å²) in [6.45, 7) is 0. The molecule has 13 aromatic rings. The standard InChI is InChI=1S/C70H42N4/c71-43-45-37-51(73-64-35-19-15-31-54(64)58-39-62-56(41-66(58)73)52-29-13-17-33-60(52)69(62,47-21-5-1-6-22-47)48-23-7-2-8-24-48)38-46(44-72)68(45)74-65-36-20-16-32-55(65)59-40-63-57(42-67(59)74)53-30-14-18-34-61(53)70(63,49-25-9-3-10-26-49)50-27-11-4-12-28-50/h1-42H. The summed E-state index contributed by atoms with van der Waals surface area (Å²) >= 11 is 0. The van der Waals surface area contributed by atoms with Gasteiger partial charge in [-0.2, -0.15) is 10.5 Å². The van der Waals surface area contributed by atoms with Crippen molar-refractivity contribution in [2.75, 3.05) is 0 Å². The molecular weight excluding hydrogens is 897 g/mol. The van der Waals surface area contributed by atoms with Crippen molar-refractivity contribution in [2.45, 2.75) is 10.8 Å². The monoisotopic (exact) mass is 938 g/mol. The third kappa shape index (κ3) is 5.44. The van der Waals surface area contributed by atoms with Gasteiger partial charge in [0, 0.05) is 27.2 Å². The first-order valence-corrected chi connectivity index (χ1v) is 25.2. The fraction of sp³-hybridized carbons (Fsp3) is 0.0286. The second kappa shape index (κ2) is 15.7. The van der Waals surface area contributed by atoms with Crippen molar-refractivity contribution in [2.24, 2.45) is 0 Å². The van der Waals surface area contributed by atoms with Crippen LogP contribution in [0, 0.1) is 22.7 Å². The van der Waals surface area contributed by atoms with E-state index < -0.39 is 10.8 Å². The predicted molar refractivity (Wildman–Crippen MR) is 299 cm³/mol. The molecule has 0 spiro atoms. The molecule has 0 radical (unpaired) electrons. The molecule has 74 heavy (non-hydrogen) atoms. The summed E-state index contributed by atoms with van der Waals surface area (Å²) in [5.74, 6) is 0. The van der Waals surface area contributed by atoms with Crippen LogP contribution in [0.25, 0.3) is 77.2 Å². The van der Waals surface area contributed by atoms with E-state index in [1.54, 1.807) is 0 Å². The molecule has 0 bridgehead atoms. The Labute approximate surface area is 428 Å². The lowest BCUT2D eigenvalue weighted by atomic mass is 9.67. The van der Waals surface area contributed by atoms with Crippen LogP contribution in [0.15, 0.2) is 255 Å². The fourth-order valence-electron chi connectivity index (χ4n) is 13.5. The van der Waals surface area contributed by atoms with E-state index in [2.05, 4.69) is 258 Å². The van der Waals surface area contributed by atoms with Gasteiger partial charge in [0.05, 0.1) is 49.7 Å². The Hall–Kier alpha value is -10.0. The molecule has 0 atom stereocenters. The minimum absolute atomic E-state index is 0.412. The van der Waals surface area contributed by atoms with Crippen LogP contribution in [0.1, 0.15) is 55.6 Å². The number of nitriles is 2. The second-order valence-electron chi connectivity index (χ2n) is 19.7. The van der Waals surface area contributed by atoms with Crippen molar-refractivity contribution < 1.29 is 0 Å². The Morgan fingerprint density at radius 2 is 0.635 bits per heavy atom. The van der Waals surface area contributed by atoms with Gasteiger partial charge < -0.3 is 9.13 Å². The zero-order valence-electron chi connectivity index (χ0n) is 40.0. The maximum Gasteiger partial charge on any atom is 0.101 e. The normalized spacial score (nSPS) is 13.6. The van der Waals surface area contributed by atoms with Gasteiger partial charge in [-0.1, -0.05) is 206 Å². The lowest BCUT2D eigenvalue weighted by molar-refractivity contribution is 0.769. The van der Waals surface area contributed by atoms with Gasteiger partial charge >= 0.3 is 0 Å². The van der Waals surface area contributed by atoms with E-state index in [0.717, 1.165) is 66.0 Å². The Kier molecular flexibility index (Phi) is 8.89. The predicted octanol–water partition coefficient (Wildman–Crippen LogP) is 16.4. The van der Waals surface area contributed by atoms with Crippen molar-refractivity contribution >= 4 is 43.6 Å². The van der Waals surface area contributed by atoms with Crippen LogP contribution in [0.5, 0.6) is 0 Å². The summed E-state index contributed by atoms with van der Waals surface area (Å²) in [6, 6.07) is 96.7. The number of benzene rings is 11. The Bertz CT molecular complexity index is 4440. The van der Waals surface area contributed by atoms with Crippen molar-refractivity contribution in [3.8, 4) is 45.8 Å². The van der Waals surface area contributed by atoms with Gasteiger partial charge in [-0.05, 0) is 115 Å². The molecule has 2 aliphatic rings. The van der Waals surface area contributed by atoms with Gasteiger partial charge in [0.2, 0.25) is 0 Å². The molecule has 2 aromatic heterocycles. The zero-order valence-corrected chi connectivity index (χ0v) is 40.0. The average Bonchev–Trinajstić information content (AvgIpc) is 4.17. The highest BCUT2D eigenvalue weighted by molar-refractivity contribution is 6.14. The number of hydrogen-bond acceptors (Lipinski definition) is 2. The molecule has 0 unspecified atom stereocenters. The molecule has 2 heterocycles. The summed E-state index contributed by atoms with van der Waals surface area (Å²) in [5, 5.41) is 27.2. The Morgan fingerprint density at radius 1 is 0.284 bits per heavy atom. The second-order valence-corrected chi connectivity index (χ2v) is 19.7. The maximum absolute atomic E-state index is 11.5. The van der Waals surface area contributed by atoms with E-state index in [9.17, 15) is 10.5 Å². The lowest BCUT2D eigenvalue weighted by Crippen LogP contribution is -2.28. The number of para-hydroxylation sites is 2. The number of fused-ring (bicyclic) bond motifs is 12. The topological polar surface area (TPSA) is 57.4 Å². The summed E-state index contributed by atoms with van der Waals surface area (Å²) < 4.78 is 4.43. The summed E-state index contributed by atoms with van der Waals surface area (Å²) in [5.41, 5.74) is 19.2. The molecule has 342 valence electrons. The quantitative estimate of drug-likeness (QED) is 0.167. The van der Waals surface area contributed by atoms with E-state index in [0.29, 0.717) is 16.8 Å². The fourth-order valence-corrected chi connectivity index (χ4v) is 13.5. The molecule has 4 nitrogen and oxygen atoms in total. The SMILES string of the molecule is N#Cc1cc(-n2c3ccccc3c3cc4c(cc32)-c2ccccc2C4(c2ccccc2)c2ccccc2)cc(C#N)c1-n1c2ccccc2c2cc3c(cc21)-c1ccccc1C3(c1ccccc1)c1ccccc1. The zero-order chi connectivity index (χ0) is 49.1. The number of aromatic nitrogens is 2. The van der Waals surface area contributed by atoms with Gasteiger partial charge in [0.25, 0.3) is 0 Å². The lowest BCUT2D eigenvalue weighted by Gasteiger charge is -2.34. The van der Waals surface area contributed by atoms with Crippen LogP contribution in [0.4, 0.5) is 0 Å². The molecule has 15 rings (SSSR count). The minimum Gasteiger partial charge on any atom is -0.309 e. The van der Waals surface area contributed by atoms with Crippen LogP contribution in [0.2, 0.25) is 0 Å². The molecule has 0 saturated heterocycles. The minimum atomic E-state index is -0.585. The third-order valence-electron chi connectivity index (χ3n) is 16.3. The van der Waals surface area contributed by atoms with Crippen molar-refractivity contribution in [3.05, 3.63) is 310 Å². The van der Waals surface area contributed by atoms with E-state index in [1.807, 2.05) is 18.2 Å². The van der Waals surface area contributed by atoms with Crippen LogP contribution in [-0.2, 0) is 10.8 Å².